The predicted molar refractivity (Wildman–Crippen MR) is 160 cm³/mol. The molecule has 0 aliphatic heterocycles. The first-order valence-corrected chi connectivity index (χ1v) is 14.6. The maximum atomic E-state index is 13.6. The molecule has 0 unspecified atom stereocenters. The Hall–Kier alpha value is -4.32. The standard InChI is InChI=1S/C29H24Cl2N2O8S/c1-3-13-33(22-9-6-20(30)7-10-22)42(37,38)26-14-18(5-12-24(26)31)28(35)40-17-19-15-27(34)41-25-16-21(8-11-23(19)25)32-29(36)39-4-2/h3,5-12,14-16H,1,4,13,17H2,2H3,(H,32,36). The van der Waals surface area contributed by atoms with Gasteiger partial charge in [0.1, 0.15) is 17.1 Å². The molecular weight excluding hydrogens is 607 g/mol. The van der Waals surface area contributed by atoms with E-state index >= 15 is 0 Å². The molecule has 1 aromatic heterocycles. The number of fused-ring (bicyclic) bond motifs is 1. The second-order valence-electron chi connectivity index (χ2n) is 8.67. The van der Waals surface area contributed by atoms with Crippen LogP contribution < -0.4 is 15.2 Å². The molecule has 0 aliphatic carbocycles. The topological polar surface area (TPSA) is 132 Å². The van der Waals surface area contributed by atoms with E-state index in [0.29, 0.717) is 27.3 Å². The third kappa shape index (κ3) is 6.93. The Morgan fingerprint density at radius 2 is 1.76 bits per heavy atom. The Balaban J connectivity index is 1.59. The number of halogens is 2. The van der Waals surface area contributed by atoms with E-state index in [2.05, 4.69) is 11.9 Å². The molecule has 1 heterocycles. The number of carbonyl (C=O) groups excluding carboxylic acids is 2. The monoisotopic (exact) mass is 630 g/mol. The largest absolute Gasteiger partial charge is 0.457 e. The molecule has 0 fully saturated rings. The van der Waals surface area contributed by atoms with Crippen molar-refractivity contribution in [2.75, 3.05) is 22.8 Å². The normalized spacial score (nSPS) is 11.1. The number of nitrogens with one attached hydrogen (secondary N) is 1. The van der Waals surface area contributed by atoms with Gasteiger partial charge in [-0.15, -0.1) is 6.58 Å². The maximum absolute atomic E-state index is 13.6. The average molecular weight is 631 g/mol. The van der Waals surface area contributed by atoms with Crippen LogP contribution in [-0.4, -0.2) is 33.6 Å². The van der Waals surface area contributed by atoms with Gasteiger partial charge in [0.2, 0.25) is 0 Å². The minimum absolute atomic E-state index is 0.0738. The van der Waals surface area contributed by atoms with Gasteiger partial charge in [0.05, 0.1) is 29.4 Å². The molecule has 0 bridgehead atoms. The maximum Gasteiger partial charge on any atom is 0.411 e. The predicted octanol–water partition coefficient (Wildman–Crippen LogP) is 6.41. The quantitative estimate of drug-likeness (QED) is 0.121. The lowest BCUT2D eigenvalue weighted by molar-refractivity contribution is 0.0473. The number of anilines is 2. The number of sulfonamides is 1. The Bertz CT molecular complexity index is 1820. The first-order chi connectivity index (χ1) is 20.0. The van der Waals surface area contributed by atoms with E-state index in [1.54, 1.807) is 31.2 Å². The molecule has 1 N–H and O–H groups in total. The SMILES string of the molecule is C=CCN(c1ccc(Cl)cc1)S(=O)(=O)c1cc(C(=O)OCc2cc(=O)oc3cc(NC(=O)OCC)ccc23)ccc1Cl. The summed E-state index contributed by atoms with van der Waals surface area (Å²) < 4.78 is 43.8. The van der Waals surface area contributed by atoms with Crippen molar-refractivity contribution in [3.05, 3.63) is 111 Å². The molecule has 3 aromatic carbocycles. The Morgan fingerprint density at radius 1 is 1.02 bits per heavy atom. The summed E-state index contributed by atoms with van der Waals surface area (Å²) >= 11 is 12.2. The zero-order valence-electron chi connectivity index (χ0n) is 22.1. The molecule has 13 heteroatoms. The Kier molecular flexibility index (Phi) is 9.56. The first kappa shape index (κ1) is 30.6. The van der Waals surface area contributed by atoms with E-state index < -0.39 is 27.7 Å². The van der Waals surface area contributed by atoms with Crippen molar-refractivity contribution in [1.82, 2.24) is 0 Å². The minimum atomic E-state index is -4.25. The molecule has 10 nitrogen and oxygen atoms in total. The molecule has 0 saturated heterocycles. The highest BCUT2D eigenvalue weighted by Gasteiger charge is 2.28. The van der Waals surface area contributed by atoms with Crippen molar-refractivity contribution < 1.29 is 31.9 Å². The summed E-state index contributed by atoms with van der Waals surface area (Å²) in [5.74, 6) is -0.855. The lowest BCUT2D eigenvalue weighted by Gasteiger charge is -2.24. The zero-order valence-corrected chi connectivity index (χ0v) is 24.5. The van der Waals surface area contributed by atoms with Crippen LogP contribution in [0.4, 0.5) is 16.2 Å². The highest BCUT2D eigenvalue weighted by Crippen LogP contribution is 2.31. The van der Waals surface area contributed by atoms with Gasteiger partial charge >= 0.3 is 17.7 Å². The van der Waals surface area contributed by atoms with Crippen LogP contribution in [-0.2, 0) is 26.1 Å². The fourth-order valence-corrected chi connectivity index (χ4v) is 6.02. The molecule has 0 atom stereocenters. The van der Waals surface area contributed by atoms with Crippen LogP contribution in [0.5, 0.6) is 0 Å². The van der Waals surface area contributed by atoms with Crippen molar-refractivity contribution in [2.45, 2.75) is 18.4 Å². The van der Waals surface area contributed by atoms with Crippen LogP contribution >= 0.6 is 23.2 Å². The van der Waals surface area contributed by atoms with Gasteiger partial charge in [-0.25, -0.2) is 22.8 Å². The number of esters is 1. The molecule has 1 amide bonds. The third-order valence-electron chi connectivity index (χ3n) is 5.86. The number of benzene rings is 3. The second-order valence-corrected chi connectivity index (χ2v) is 11.3. The van der Waals surface area contributed by atoms with Gasteiger partial charge in [-0.1, -0.05) is 29.3 Å². The molecule has 4 rings (SSSR count). The van der Waals surface area contributed by atoms with Crippen molar-refractivity contribution in [2.24, 2.45) is 0 Å². The summed E-state index contributed by atoms with van der Waals surface area (Å²) in [6, 6.07) is 15.6. The van der Waals surface area contributed by atoms with Crippen LogP contribution in [0.25, 0.3) is 11.0 Å². The molecular formula is C29H24Cl2N2O8S. The summed E-state index contributed by atoms with van der Waals surface area (Å²) in [5.41, 5.74) is 0.342. The molecule has 0 saturated carbocycles. The van der Waals surface area contributed by atoms with Crippen LogP contribution in [0.3, 0.4) is 0 Å². The molecule has 0 radical (unpaired) electrons. The van der Waals surface area contributed by atoms with E-state index in [9.17, 15) is 22.8 Å². The summed E-state index contributed by atoms with van der Waals surface area (Å²) in [5, 5.41) is 3.29. The van der Waals surface area contributed by atoms with Crippen LogP contribution in [0.1, 0.15) is 22.8 Å². The van der Waals surface area contributed by atoms with E-state index in [4.69, 9.17) is 37.1 Å². The minimum Gasteiger partial charge on any atom is -0.457 e. The van der Waals surface area contributed by atoms with Gasteiger partial charge in [0, 0.05) is 33.8 Å². The average Bonchev–Trinajstić information content (AvgIpc) is 2.95. The molecule has 218 valence electrons. The Labute approximate surface area is 251 Å². The molecule has 0 aliphatic rings. The van der Waals surface area contributed by atoms with Gasteiger partial charge in [0.15, 0.2) is 0 Å². The lowest BCUT2D eigenvalue weighted by atomic mass is 10.1. The summed E-state index contributed by atoms with van der Waals surface area (Å²) in [6.45, 7) is 5.07. The summed E-state index contributed by atoms with van der Waals surface area (Å²) in [7, 11) is -4.25. The number of ether oxygens (including phenoxy) is 2. The van der Waals surface area contributed by atoms with Crippen LogP contribution in [0.15, 0.2) is 93.5 Å². The zero-order chi connectivity index (χ0) is 30.4. The van der Waals surface area contributed by atoms with Crippen LogP contribution in [0.2, 0.25) is 10.0 Å². The van der Waals surface area contributed by atoms with Gasteiger partial charge in [-0.05, 0) is 61.5 Å². The first-order valence-electron chi connectivity index (χ1n) is 12.4. The molecule has 4 aromatic rings. The van der Waals surface area contributed by atoms with Gasteiger partial charge in [0.25, 0.3) is 10.0 Å². The van der Waals surface area contributed by atoms with E-state index in [1.165, 1.54) is 42.5 Å². The van der Waals surface area contributed by atoms with Gasteiger partial charge in [-0.3, -0.25) is 9.62 Å². The van der Waals surface area contributed by atoms with E-state index in [-0.39, 0.29) is 40.8 Å². The number of carbonyl (C=O) groups is 2. The number of rotatable bonds is 10. The second kappa shape index (κ2) is 13.1. The highest BCUT2D eigenvalue weighted by atomic mass is 35.5. The number of hydrogen-bond acceptors (Lipinski definition) is 8. The van der Waals surface area contributed by atoms with Gasteiger partial charge in [-0.2, -0.15) is 0 Å². The van der Waals surface area contributed by atoms with Gasteiger partial charge < -0.3 is 13.9 Å². The fraction of sp³-hybridized carbons (Fsp3) is 0.138. The Morgan fingerprint density at radius 3 is 2.45 bits per heavy atom. The molecule has 0 spiro atoms. The summed E-state index contributed by atoms with van der Waals surface area (Å²) in [6.07, 6.45) is 0.740. The van der Waals surface area contributed by atoms with Crippen LogP contribution in [0, 0.1) is 0 Å². The lowest BCUT2D eigenvalue weighted by Crippen LogP contribution is -2.31. The van der Waals surface area contributed by atoms with E-state index in [0.717, 1.165) is 10.4 Å². The number of amides is 1. The fourth-order valence-electron chi connectivity index (χ4n) is 3.95. The summed E-state index contributed by atoms with van der Waals surface area (Å²) in [4.78, 5) is 36.6. The van der Waals surface area contributed by atoms with Crippen molar-refractivity contribution in [3.8, 4) is 0 Å². The molecule has 42 heavy (non-hydrogen) atoms. The van der Waals surface area contributed by atoms with E-state index in [1.807, 2.05) is 0 Å². The smallest absolute Gasteiger partial charge is 0.411 e. The van der Waals surface area contributed by atoms with Crippen molar-refractivity contribution in [3.63, 3.8) is 0 Å². The number of nitrogens with zero attached hydrogens (tertiary/aromatic N) is 1. The third-order valence-corrected chi connectivity index (χ3v) is 8.38. The number of hydrogen-bond donors (Lipinski definition) is 1. The van der Waals surface area contributed by atoms with Crippen molar-refractivity contribution in [1.29, 1.82) is 0 Å². The highest BCUT2D eigenvalue weighted by molar-refractivity contribution is 7.93. The van der Waals surface area contributed by atoms with Crippen molar-refractivity contribution >= 4 is 67.6 Å².